The summed E-state index contributed by atoms with van der Waals surface area (Å²) in [5.74, 6) is -1.31. The van der Waals surface area contributed by atoms with Crippen molar-refractivity contribution in [1.82, 2.24) is 0 Å². The largest absolute Gasteiger partial charge is 0.549 e. The Morgan fingerprint density at radius 1 is 1.45 bits per heavy atom. The Morgan fingerprint density at radius 3 is 2.82 bits per heavy atom. The molecule has 2 rings (SSSR count). The van der Waals surface area contributed by atoms with Crippen molar-refractivity contribution in [1.29, 1.82) is 0 Å². The zero-order valence-electron chi connectivity index (χ0n) is 5.91. The second-order valence-electron chi connectivity index (χ2n) is 2.77. The quantitative estimate of drug-likeness (QED) is 0.564. The maximum Gasteiger partial charge on any atom is 0.0492 e. The number of rotatable bonds is 1. The normalized spacial score (nSPS) is 20.2. The fourth-order valence-corrected chi connectivity index (χ4v) is 1.47. The van der Waals surface area contributed by atoms with Crippen LogP contribution in [-0.2, 0) is 11.2 Å². The fourth-order valence-electron chi connectivity index (χ4n) is 1.47. The van der Waals surface area contributed by atoms with Crippen LogP contribution in [0.4, 0.5) is 0 Å². The molecule has 2 heteroatoms. The van der Waals surface area contributed by atoms with Crippen LogP contribution < -0.4 is 5.11 Å². The Bertz CT molecular complexity index is 304. The molecule has 0 saturated carbocycles. The molecular formula is C9H7O2-. The van der Waals surface area contributed by atoms with E-state index in [1.165, 1.54) is 0 Å². The number of fused-ring (bicyclic) bond motifs is 1. The van der Waals surface area contributed by atoms with E-state index in [4.69, 9.17) is 0 Å². The van der Waals surface area contributed by atoms with Crippen molar-refractivity contribution in [2.75, 3.05) is 0 Å². The van der Waals surface area contributed by atoms with Crippen molar-refractivity contribution in [2.24, 2.45) is 0 Å². The Kier molecular flexibility index (Phi) is 1.22. The minimum Gasteiger partial charge on any atom is -0.549 e. The van der Waals surface area contributed by atoms with Gasteiger partial charge in [0.05, 0.1) is 0 Å². The SMILES string of the molecule is O=C([O-])[C@@H]1Cc2ccccc21. The van der Waals surface area contributed by atoms with Gasteiger partial charge in [-0.25, -0.2) is 0 Å². The summed E-state index contributed by atoms with van der Waals surface area (Å²) in [6.45, 7) is 0. The summed E-state index contributed by atoms with van der Waals surface area (Å²) >= 11 is 0. The first-order chi connectivity index (χ1) is 5.29. The van der Waals surface area contributed by atoms with Gasteiger partial charge in [-0.2, -0.15) is 0 Å². The first kappa shape index (κ1) is 6.40. The van der Waals surface area contributed by atoms with Crippen LogP contribution >= 0.6 is 0 Å². The average molecular weight is 147 g/mol. The van der Waals surface area contributed by atoms with Gasteiger partial charge in [0.2, 0.25) is 0 Å². The van der Waals surface area contributed by atoms with E-state index in [0.717, 1.165) is 11.1 Å². The molecule has 0 saturated heterocycles. The number of carboxylic acid groups (broad SMARTS) is 1. The van der Waals surface area contributed by atoms with E-state index < -0.39 is 5.97 Å². The molecule has 0 unspecified atom stereocenters. The fraction of sp³-hybridized carbons (Fsp3) is 0.222. The average Bonchev–Trinajstić information content (AvgIpc) is 1.90. The van der Waals surface area contributed by atoms with Gasteiger partial charge < -0.3 is 9.90 Å². The maximum atomic E-state index is 10.4. The van der Waals surface area contributed by atoms with E-state index in [2.05, 4.69) is 0 Å². The molecule has 0 radical (unpaired) electrons. The van der Waals surface area contributed by atoms with Gasteiger partial charge in [-0.3, -0.25) is 0 Å². The lowest BCUT2D eigenvalue weighted by molar-refractivity contribution is -0.308. The first-order valence-electron chi connectivity index (χ1n) is 3.57. The van der Waals surface area contributed by atoms with E-state index in [1.807, 2.05) is 24.3 Å². The lowest BCUT2D eigenvalue weighted by Crippen LogP contribution is -2.36. The molecule has 0 fully saturated rings. The van der Waals surface area contributed by atoms with E-state index in [-0.39, 0.29) is 5.92 Å². The number of aliphatic carboxylic acids is 1. The summed E-state index contributed by atoms with van der Waals surface area (Å²) in [7, 11) is 0. The minimum absolute atomic E-state index is 0.355. The molecule has 0 aliphatic heterocycles. The summed E-state index contributed by atoms with van der Waals surface area (Å²) in [6.07, 6.45) is 0.637. The van der Waals surface area contributed by atoms with Gasteiger partial charge in [0, 0.05) is 11.9 Å². The molecule has 1 atom stereocenters. The lowest BCUT2D eigenvalue weighted by atomic mass is 9.78. The number of carbonyl (C=O) groups is 1. The van der Waals surface area contributed by atoms with Crippen LogP contribution in [-0.4, -0.2) is 5.97 Å². The Labute approximate surface area is 64.5 Å². The van der Waals surface area contributed by atoms with Crippen LogP contribution in [0, 0.1) is 0 Å². The predicted octanol–water partition coefficient (Wildman–Crippen LogP) is 0.0762. The summed E-state index contributed by atoms with van der Waals surface area (Å²) in [6, 6.07) is 7.58. The topological polar surface area (TPSA) is 40.1 Å². The Morgan fingerprint density at radius 2 is 2.18 bits per heavy atom. The summed E-state index contributed by atoms with van der Waals surface area (Å²) in [5.41, 5.74) is 2.06. The van der Waals surface area contributed by atoms with Crippen LogP contribution in [0.25, 0.3) is 0 Å². The van der Waals surface area contributed by atoms with Crippen molar-refractivity contribution in [2.45, 2.75) is 12.3 Å². The standard InChI is InChI=1S/C9H8O2/c10-9(11)8-5-6-3-1-2-4-7(6)8/h1-4,8H,5H2,(H,10,11)/p-1/t8-/m1/s1. The van der Waals surface area contributed by atoms with Crippen molar-refractivity contribution in [3.8, 4) is 0 Å². The summed E-state index contributed by atoms with van der Waals surface area (Å²) < 4.78 is 0. The van der Waals surface area contributed by atoms with Gasteiger partial charge in [0.15, 0.2) is 0 Å². The van der Waals surface area contributed by atoms with Crippen LogP contribution in [0.1, 0.15) is 17.0 Å². The predicted molar refractivity (Wildman–Crippen MR) is 37.9 cm³/mol. The zero-order valence-corrected chi connectivity index (χ0v) is 5.91. The number of benzene rings is 1. The molecule has 1 aromatic carbocycles. The first-order valence-corrected chi connectivity index (χ1v) is 3.57. The molecule has 11 heavy (non-hydrogen) atoms. The lowest BCUT2D eigenvalue weighted by Gasteiger charge is -2.30. The van der Waals surface area contributed by atoms with Gasteiger partial charge in [0.1, 0.15) is 0 Å². The molecule has 2 nitrogen and oxygen atoms in total. The Hall–Kier alpha value is -1.31. The second kappa shape index (κ2) is 2.09. The molecule has 0 bridgehead atoms. The molecule has 56 valence electrons. The Balaban J connectivity index is 2.36. The van der Waals surface area contributed by atoms with E-state index >= 15 is 0 Å². The number of hydrogen-bond acceptors (Lipinski definition) is 2. The molecule has 1 aliphatic carbocycles. The van der Waals surface area contributed by atoms with Gasteiger partial charge in [-0.05, 0) is 17.5 Å². The molecular weight excluding hydrogens is 140 g/mol. The number of hydrogen-bond donors (Lipinski definition) is 0. The molecule has 0 amide bonds. The molecule has 0 aromatic heterocycles. The maximum absolute atomic E-state index is 10.4. The smallest absolute Gasteiger partial charge is 0.0492 e. The summed E-state index contributed by atoms with van der Waals surface area (Å²) in [5, 5.41) is 10.4. The third-order valence-electron chi connectivity index (χ3n) is 2.14. The van der Waals surface area contributed by atoms with E-state index in [1.54, 1.807) is 0 Å². The van der Waals surface area contributed by atoms with Crippen LogP contribution in [0.5, 0.6) is 0 Å². The monoisotopic (exact) mass is 147 g/mol. The van der Waals surface area contributed by atoms with Crippen LogP contribution in [0.2, 0.25) is 0 Å². The number of carbonyl (C=O) groups excluding carboxylic acids is 1. The molecule has 0 heterocycles. The zero-order chi connectivity index (χ0) is 7.84. The van der Waals surface area contributed by atoms with Crippen molar-refractivity contribution in [3.63, 3.8) is 0 Å². The molecule has 1 aliphatic rings. The highest BCUT2D eigenvalue weighted by Crippen LogP contribution is 2.33. The summed E-state index contributed by atoms with van der Waals surface area (Å²) in [4.78, 5) is 10.4. The van der Waals surface area contributed by atoms with Crippen molar-refractivity contribution < 1.29 is 9.90 Å². The van der Waals surface area contributed by atoms with Crippen LogP contribution in [0.3, 0.4) is 0 Å². The van der Waals surface area contributed by atoms with E-state index in [9.17, 15) is 9.90 Å². The van der Waals surface area contributed by atoms with Crippen molar-refractivity contribution >= 4 is 5.97 Å². The van der Waals surface area contributed by atoms with Crippen LogP contribution in [0.15, 0.2) is 24.3 Å². The molecule has 0 N–H and O–H groups in total. The molecule has 0 spiro atoms. The van der Waals surface area contributed by atoms with Crippen molar-refractivity contribution in [3.05, 3.63) is 35.4 Å². The second-order valence-corrected chi connectivity index (χ2v) is 2.77. The van der Waals surface area contributed by atoms with Gasteiger partial charge >= 0.3 is 0 Å². The number of carboxylic acids is 1. The molecule has 1 aromatic rings. The minimum atomic E-state index is -0.955. The van der Waals surface area contributed by atoms with Gasteiger partial charge in [-0.15, -0.1) is 0 Å². The highest BCUT2D eigenvalue weighted by Gasteiger charge is 2.25. The highest BCUT2D eigenvalue weighted by atomic mass is 16.4. The van der Waals surface area contributed by atoms with Gasteiger partial charge in [-0.1, -0.05) is 24.3 Å². The highest BCUT2D eigenvalue weighted by molar-refractivity contribution is 5.78. The third kappa shape index (κ3) is 0.827. The van der Waals surface area contributed by atoms with E-state index in [0.29, 0.717) is 6.42 Å². The third-order valence-corrected chi connectivity index (χ3v) is 2.14. The van der Waals surface area contributed by atoms with Gasteiger partial charge in [0.25, 0.3) is 0 Å².